The maximum absolute atomic E-state index is 13.4. The Labute approximate surface area is 161 Å². The van der Waals surface area contributed by atoms with Crippen LogP contribution in [0, 0.1) is 5.82 Å². The molecule has 1 atom stereocenters. The number of likely N-dealkylation sites (tertiary alicyclic amines) is 1. The number of guanidine groups is 1. The molecule has 1 fully saturated rings. The van der Waals surface area contributed by atoms with Crippen LogP contribution in [0.2, 0.25) is 0 Å². The monoisotopic (exact) mass is 422 g/mol. The first kappa shape index (κ1) is 18.9. The van der Waals surface area contributed by atoms with E-state index in [9.17, 15) is 4.39 Å². The Morgan fingerprint density at radius 3 is 2.81 bits per heavy atom. The molecule has 3 rings (SSSR count). The van der Waals surface area contributed by atoms with E-state index in [2.05, 4.69) is 36.5 Å². The van der Waals surface area contributed by atoms with Gasteiger partial charge < -0.3 is 15.1 Å². The summed E-state index contributed by atoms with van der Waals surface area (Å²) in [6.45, 7) is 3.33. The average molecular weight is 423 g/mol. The molecule has 0 bridgehead atoms. The molecule has 140 valence electrons. The topological polar surface area (TPSA) is 52.8 Å². The Bertz CT molecular complexity index is 729. The SMILES string of the molecule is CN=C(NCc1cc(F)ccc1Br)NCC(c1ccco1)N1CCCC1. The van der Waals surface area contributed by atoms with Crippen LogP contribution >= 0.6 is 15.9 Å². The zero-order chi connectivity index (χ0) is 18.4. The number of nitrogens with zero attached hydrogens (tertiary/aromatic N) is 2. The van der Waals surface area contributed by atoms with Gasteiger partial charge in [0, 0.05) is 24.6 Å². The first-order chi connectivity index (χ1) is 12.7. The lowest BCUT2D eigenvalue weighted by Crippen LogP contribution is -2.42. The van der Waals surface area contributed by atoms with Gasteiger partial charge in [-0.1, -0.05) is 15.9 Å². The van der Waals surface area contributed by atoms with Gasteiger partial charge in [-0.2, -0.15) is 0 Å². The number of halogens is 2. The van der Waals surface area contributed by atoms with Gasteiger partial charge in [-0.05, 0) is 61.8 Å². The standard InChI is InChI=1S/C19H24BrFN4O/c1-22-19(23-12-14-11-15(21)6-7-16(14)20)24-13-17(18-5-4-10-26-18)25-8-2-3-9-25/h4-7,10-11,17H,2-3,8-9,12-13H2,1H3,(H2,22,23,24). The van der Waals surface area contributed by atoms with Crippen LogP contribution in [0.15, 0.2) is 50.5 Å². The summed E-state index contributed by atoms with van der Waals surface area (Å²) in [5.74, 6) is 1.39. The predicted molar refractivity (Wildman–Crippen MR) is 105 cm³/mol. The van der Waals surface area contributed by atoms with E-state index in [0.29, 0.717) is 19.0 Å². The molecule has 26 heavy (non-hydrogen) atoms. The fourth-order valence-electron chi connectivity index (χ4n) is 3.22. The van der Waals surface area contributed by atoms with Crippen LogP contribution in [-0.4, -0.2) is 37.5 Å². The second kappa shape index (κ2) is 9.19. The van der Waals surface area contributed by atoms with Gasteiger partial charge in [-0.15, -0.1) is 0 Å². The van der Waals surface area contributed by atoms with Gasteiger partial charge in [0.15, 0.2) is 5.96 Å². The molecule has 0 amide bonds. The number of nitrogens with one attached hydrogen (secondary N) is 2. The smallest absolute Gasteiger partial charge is 0.191 e. The average Bonchev–Trinajstić information content (AvgIpc) is 3.35. The Kier molecular flexibility index (Phi) is 6.68. The fourth-order valence-corrected chi connectivity index (χ4v) is 3.60. The minimum atomic E-state index is -0.250. The summed E-state index contributed by atoms with van der Waals surface area (Å²) >= 11 is 3.45. The summed E-state index contributed by atoms with van der Waals surface area (Å²) in [4.78, 5) is 6.70. The molecule has 0 radical (unpaired) electrons. The Balaban J connectivity index is 1.59. The molecule has 1 unspecified atom stereocenters. The third-order valence-electron chi connectivity index (χ3n) is 4.59. The lowest BCUT2D eigenvalue weighted by atomic mass is 10.2. The predicted octanol–water partition coefficient (Wildman–Crippen LogP) is 3.68. The minimum absolute atomic E-state index is 0.173. The lowest BCUT2D eigenvalue weighted by molar-refractivity contribution is 0.215. The van der Waals surface area contributed by atoms with Crippen molar-refractivity contribution in [1.82, 2.24) is 15.5 Å². The lowest BCUT2D eigenvalue weighted by Gasteiger charge is -2.26. The highest BCUT2D eigenvalue weighted by Crippen LogP contribution is 2.24. The fraction of sp³-hybridized carbons (Fsp3) is 0.421. The second-order valence-corrected chi connectivity index (χ2v) is 7.17. The molecule has 1 aromatic heterocycles. The van der Waals surface area contributed by atoms with E-state index in [1.54, 1.807) is 19.4 Å². The van der Waals surface area contributed by atoms with E-state index >= 15 is 0 Å². The number of hydrogen-bond acceptors (Lipinski definition) is 3. The summed E-state index contributed by atoms with van der Waals surface area (Å²) in [6, 6.07) is 8.78. The number of rotatable bonds is 6. The summed E-state index contributed by atoms with van der Waals surface area (Å²) < 4.78 is 19.9. The van der Waals surface area contributed by atoms with Crippen molar-refractivity contribution in [1.29, 1.82) is 0 Å². The molecule has 2 heterocycles. The number of hydrogen-bond donors (Lipinski definition) is 2. The summed E-state index contributed by atoms with van der Waals surface area (Å²) in [5, 5.41) is 6.61. The van der Waals surface area contributed by atoms with Crippen LogP contribution < -0.4 is 10.6 Å². The highest BCUT2D eigenvalue weighted by molar-refractivity contribution is 9.10. The van der Waals surface area contributed by atoms with E-state index in [1.165, 1.54) is 25.0 Å². The first-order valence-electron chi connectivity index (χ1n) is 8.83. The normalized spacial score (nSPS) is 16.7. The number of benzene rings is 1. The van der Waals surface area contributed by atoms with E-state index < -0.39 is 0 Å². The van der Waals surface area contributed by atoms with Gasteiger partial charge in [0.25, 0.3) is 0 Å². The molecule has 0 aliphatic carbocycles. The van der Waals surface area contributed by atoms with E-state index in [1.807, 2.05) is 12.1 Å². The van der Waals surface area contributed by atoms with Crippen molar-refractivity contribution in [2.24, 2.45) is 4.99 Å². The van der Waals surface area contributed by atoms with Gasteiger partial charge in [0.2, 0.25) is 0 Å². The Morgan fingerprint density at radius 2 is 2.12 bits per heavy atom. The molecule has 5 nitrogen and oxygen atoms in total. The van der Waals surface area contributed by atoms with Gasteiger partial charge in [-0.25, -0.2) is 4.39 Å². The molecular formula is C19H24BrFN4O. The molecule has 1 aliphatic rings. The third-order valence-corrected chi connectivity index (χ3v) is 5.37. The largest absolute Gasteiger partial charge is 0.468 e. The van der Waals surface area contributed by atoms with Crippen LogP contribution in [0.1, 0.15) is 30.2 Å². The molecule has 2 N–H and O–H groups in total. The highest BCUT2D eigenvalue weighted by Gasteiger charge is 2.25. The van der Waals surface area contributed by atoms with Crippen LogP contribution in [0.4, 0.5) is 4.39 Å². The zero-order valence-electron chi connectivity index (χ0n) is 14.8. The molecular weight excluding hydrogens is 399 g/mol. The van der Waals surface area contributed by atoms with E-state index in [4.69, 9.17) is 4.42 Å². The first-order valence-corrected chi connectivity index (χ1v) is 9.62. The maximum atomic E-state index is 13.4. The van der Waals surface area contributed by atoms with Crippen molar-refractivity contribution >= 4 is 21.9 Å². The molecule has 7 heteroatoms. The molecule has 2 aromatic rings. The molecule has 1 aliphatic heterocycles. The van der Waals surface area contributed by atoms with Gasteiger partial charge in [-0.3, -0.25) is 9.89 Å². The molecule has 1 saturated heterocycles. The second-order valence-electron chi connectivity index (χ2n) is 6.32. The van der Waals surface area contributed by atoms with Gasteiger partial charge in [0.05, 0.1) is 12.3 Å². The number of furan rings is 1. The summed E-state index contributed by atoms with van der Waals surface area (Å²) in [7, 11) is 1.73. The van der Waals surface area contributed by atoms with Crippen molar-refractivity contribution in [3.8, 4) is 0 Å². The van der Waals surface area contributed by atoms with Crippen LogP contribution in [0.5, 0.6) is 0 Å². The zero-order valence-corrected chi connectivity index (χ0v) is 16.4. The van der Waals surface area contributed by atoms with Crippen molar-refractivity contribution in [2.45, 2.75) is 25.4 Å². The minimum Gasteiger partial charge on any atom is -0.468 e. The van der Waals surface area contributed by atoms with Crippen molar-refractivity contribution < 1.29 is 8.81 Å². The van der Waals surface area contributed by atoms with E-state index in [0.717, 1.165) is 28.9 Å². The van der Waals surface area contributed by atoms with Crippen LogP contribution in [0.25, 0.3) is 0 Å². The van der Waals surface area contributed by atoms with Gasteiger partial charge in [0.1, 0.15) is 11.6 Å². The van der Waals surface area contributed by atoms with Crippen molar-refractivity contribution in [3.63, 3.8) is 0 Å². The summed E-state index contributed by atoms with van der Waals surface area (Å²) in [5.41, 5.74) is 0.843. The molecule has 1 aromatic carbocycles. The van der Waals surface area contributed by atoms with Crippen molar-refractivity contribution in [2.75, 3.05) is 26.7 Å². The van der Waals surface area contributed by atoms with E-state index in [-0.39, 0.29) is 11.9 Å². The van der Waals surface area contributed by atoms with Crippen LogP contribution in [-0.2, 0) is 6.54 Å². The van der Waals surface area contributed by atoms with Gasteiger partial charge >= 0.3 is 0 Å². The maximum Gasteiger partial charge on any atom is 0.191 e. The number of aliphatic imine (C=N–C) groups is 1. The Hall–Kier alpha value is -1.86. The Morgan fingerprint density at radius 1 is 1.31 bits per heavy atom. The van der Waals surface area contributed by atoms with Crippen LogP contribution in [0.3, 0.4) is 0 Å². The highest BCUT2D eigenvalue weighted by atomic mass is 79.9. The third kappa shape index (κ3) is 4.86. The quantitative estimate of drug-likeness (QED) is 0.550. The summed E-state index contributed by atoms with van der Waals surface area (Å²) in [6.07, 6.45) is 4.16. The van der Waals surface area contributed by atoms with Crippen molar-refractivity contribution in [3.05, 3.63) is 58.2 Å². The molecule has 0 saturated carbocycles. The molecule has 0 spiro atoms.